The largest absolute Gasteiger partial charge is 0.379 e. The van der Waals surface area contributed by atoms with E-state index in [0.29, 0.717) is 0 Å². The molecular formula is C17H27FN4O. The predicted octanol–water partition coefficient (Wildman–Crippen LogP) is 1.26. The van der Waals surface area contributed by atoms with Crippen LogP contribution >= 0.6 is 0 Å². The summed E-state index contributed by atoms with van der Waals surface area (Å²) < 4.78 is 18.4. The molecule has 1 aliphatic heterocycles. The van der Waals surface area contributed by atoms with E-state index in [2.05, 4.69) is 20.5 Å². The van der Waals surface area contributed by atoms with Gasteiger partial charge in [0, 0.05) is 39.8 Å². The van der Waals surface area contributed by atoms with Crippen molar-refractivity contribution in [3.05, 3.63) is 35.6 Å². The molecule has 128 valence electrons. The summed E-state index contributed by atoms with van der Waals surface area (Å²) >= 11 is 0. The maximum absolute atomic E-state index is 13.1. The van der Waals surface area contributed by atoms with Gasteiger partial charge in [-0.2, -0.15) is 0 Å². The minimum absolute atomic E-state index is 0.170. The van der Waals surface area contributed by atoms with Crippen LogP contribution in [0.25, 0.3) is 0 Å². The number of benzene rings is 1. The van der Waals surface area contributed by atoms with E-state index in [0.717, 1.165) is 70.3 Å². The van der Waals surface area contributed by atoms with Crippen LogP contribution in [0.5, 0.6) is 0 Å². The number of morpholine rings is 1. The van der Waals surface area contributed by atoms with Gasteiger partial charge in [0.1, 0.15) is 5.82 Å². The zero-order chi connectivity index (χ0) is 16.3. The van der Waals surface area contributed by atoms with E-state index in [1.807, 2.05) is 6.07 Å². The molecule has 1 saturated heterocycles. The standard InChI is InChI=1S/C17H27FN4O/c1-19-17(21-8-9-22-10-12-23-13-11-22)20-7-3-5-15-4-2-6-16(18)14-15/h2,4,6,14H,3,5,7-13H2,1H3,(H2,19,20,21). The van der Waals surface area contributed by atoms with E-state index in [-0.39, 0.29) is 5.82 Å². The van der Waals surface area contributed by atoms with Crippen molar-refractivity contribution in [3.8, 4) is 0 Å². The third-order valence-corrected chi connectivity index (χ3v) is 3.87. The first-order chi connectivity index (χ1) is 11.3. The van der Waals surface area contributed by atoms with Gasteiger partial charge in [-0.1, -0.05) is 12.1 Å². The lowest BCUT2D eigenvalue weighted by atomic mass is 10.1. The Labute approximate surface area is 137 Å². The molecule has 1 heterocycles. The fourth-order valence-electron chi connectivity index (χ4n) is 2.57. The van der Waals surface area contributed by atoms with E-state index in [1.165, 1.54) is 6.07 Å². The first-order valence-electron chi connectivity index (χ1n) is 8.27. The van der Waals surface area contributed by atoms with Gasteiger partial charge in [0.2, 0.25) is 0 Å². The summed E-state index contributed by atoms with van der Waals surface area (Å²) in [6.45, 7) is 6.33. The summed E-state index contributed by atoms with van der Waals surface area (Å²) in [5.74, 6) is 0.647. The van der Waals surface area contributed by atoms with Gasteiger partial charge >= 0.3 is 0 Å². The van der Waals surface area contributed by atoms with Gasteiger partial charge < -0.3 is 15.4 Å². The molecule has 2 N–H and O–H groups in total. The second-order valence-corrected chi connectivity index (χ2v) is 5.61. The third kappa shape index (κ3) is 6.97. The lowest BCUT2D eigenvalue weighted by Crippen LogP contribution is -2.44. The smallest absolute Gasteiger partial charge is 0.191 e. The quantitative estimate of drug-likeness (QED) is 0.451. The van der Waals surface area contributed by atoms with E-state index >= 15 is 0 Å². The molecule has 1 aromatic rings. The molecule has 1 aliphatic rings. The summed E-state index contributed by atoms with van der Waals surface area (Å²) in [6, 6.07) is 6.78. The Morgan fingerprint density at radius 2 is 2.04 bits per heavy atom. The highest BCUT2D eigenvalue weighted by molar-refractivity contribution is 5.79. The van der Waals surface area contributed by atoms with Crippen molar-refractivity contribution in [2.24, 2.45) is 4.99 Å². The third-order valence-electron chi connectivity index (χ3n) is 3.87. The molecule has 0 aromatic heterocycles. The minimum Gasteiger partial charge on any atom is -0.379 e. The summed E-state index contributed by atoms with van der Waals surface area (Å²) in [5.41, 5.74) is 1.03. The van der Waals surface area contributed by atoms with E-state index < -0.39 is 0 Å². The Bertz CT molecular complexity index is 489. The van der Waals surface area contributed by atoms with Crippen molar-refractivity contribution in [3.63, 3.8) is 0 Å². The second kappa shape index (κ2) is 10.2. The van der Waals surface area contributed by atoms with E-state index in [1.54, 1.807) is 19.2 Å². The van der Waals surface area contributed by atoms with Crippen molar-refractivity contribution in [1.82, 2.24) is 15.5 Å². The Morgan fingerprint density at radius 1 is 1.26 bits per heavy atom. The first-order valence-corrected chi connectivity index (χ1v) is 8.27. The molecule has 0 unspecified atom stereocenters. The number of ether oxygens (including phenoxy) is 1. The van der Waals surface area contributed by atoms with Crippen molar-refractivity contribution in [1.29, 1.82) is 0 Å². The maximum atomic E-state index is 13.1. The molecule has 2 rings (SSSR count). The average molecular weight is 322 g/mol. The zero-order valence-electron chi connectivity index (χ0n) is 13.9. The minimum atomic E-state index is -0.170. The Kier molecular flexibility index (Phi) is 7.83. The number of aryl methyl sites for hydroxylation is 1. The van der Waals surface area contributed by atoms with E-state index in [9.17, 15) is 4.39 Å². The van der Waals surface area contributed by atoms with Crippen molar-refractivity contribution >= 4 is 5.96 Å². The number of nitrogens with zero attached hydrogens (tertiary/aromatic N) is 2. The molecule has 5 nitrogen and oxygen atoms in total. The number of aliphatic imine (C=N–C) groups is 1. The monoisotopic (exact) mass is 322 g/mol. The molecule has 0 amide bonds. The Balaban J connectivity index is 1.57. The SMILES string of the molecule is CN=C(NCCCc1cccc(F)c1)NCCN1CCOCC1. The molecule has 1 fully saturated rings. The van der Waals surface area contributed by atoms with Gasteiger partial charge in [0.05, 0.1) is 13.2 Å². The number of nitrogens with one attached hydrogen (secondary N) is 2. The highest BCUT2D eigenvalue weighted by Crippen LogP contribution is 2.05. The predicted molar refractivity (Wildman–Crippen MR) is 91.3 cm³/mol. The van der Waals surface area contributed by atoms with Crippen LogP contribution in [-0.4, -0.2) is 63.8 Å². The molecular weight excluding hydrogens is 295 g/mol. The average Bonchev–Trinajstić information content (AvgIpc) is 2.58. The van der Waals surface area contributed by atoms with Crippen LogP contribution in [0, 0.1) is 5.82 Å². The van der Waals surface area contributed by atoms with Gasteiger partial charge in [-0.05, 0) is 30.5 Å². The van der Waals surface area contributed by atoms with Crippen LogP contribution in [0.1, 0.15) is 12.0 Å². The number of halogens is 1. The van der Waals surface area contributed by atoms with Crippen LogP contribution in [0.2, 0.25) is 0 Å². The summed E-state index contributed by atoms with van der Waals surface area (Å²) in [6.07, 6.45) is 1.79. The van der Waals surface area contributed by atoms with Gasteiger partial charge in [-0.3, -0.25) is 9.89 Å². The lowest BCUT2D eigenvalue weighted by Gasteiger charge is -2.26. The van der Waals surface area contributed by atoms with Crippen LogP contribution in [0.4, 0.5) is 4.39 Å². The van der Waals surface area contributed by atoms with Gasteiger partial charge in [0.25, 0.3) is 0 Å². The molecule has 0 aliphatic carbocycles. The van der Waals surface area contributed by atoms with Crippen molar-refractivity contribution < 1.29 is 9.13 Å². The molecule has 0 atom stereocenters. The maximum Gasteiger partial charge on any atom is 0.191 e. The highest BCUT2D eigenvalue weighted by atomic mass is 19.1. The van der Waals surface area contributed by atoms with Crippen LogP contribution in [0.3, 0.4) is 0 Å². The summed E-state index contributed by atoms with van der Waals surface area (Å²) in [5, 5.41) is 6.61. The normalized spacial score (nSPS) is 16.3. The Hall–Kier alpha value is -1.66. The lowest BCUT2D eigenvalue weighted by molar-refractivity contribution is 0.0389. The molecule has 1 aromatic carbocycles. The number of rotatable bonds is 7. The Morgan fingerprint density at radius 3 is 2.78 bits per heavy atom. The molecule has 0 saturated carbocycles. The molecule has 0 radical (unpaired) electrons. The second-order valence-electron chi connectivity index (χ2n) is 5.61. The molecule has 0 spiro atoms. The number of guanidine groups is 1. The number of hydrogen-bond donors (Lipinski definition) is 2. The zero-order valence-corrected chi connectivity index (χ0v) is 13.9. The fraction of sp³-hybridized carbons (Fsp3) is 0.588. The van der Waals surface area contributed by atoms with Crippen molar-refractivity contribution in [2.45, 2.75) is 12.8 Å². The fourth-order valence-corrected chi connectivity index (χ4v) is 2.57. The van der Waals surface area contributed by atoms with Gasteiger partial charge in [-0.25, -0.2) is 4.39 Å². The highest BCUT2D eigenvalue weighted by Gasteiger charge is 2.09. The molecule has 23 heavy (non-hydrogen) atoms. The molecule has 0 bridgehead atoms. The van der Waals surface area contributed by atoms with Gasteiger partial charge in [0.15, 0.2) is 5.96 Å². The van der Waals surface area contributed by atoms with Crippen molar-refractivity contribution in [2.75, 3.05) is 53.0 Å². The van der Waals surface area contributed by atoms with Gasteiger partial charge in [-0.15, -0.1) is 0 Å². The van der Waals surface area contributed by atoms with E-state index in [4.69, 9.17) is 4.74 Å². The van der Waals surface area contributed by atoms with Crippen LogP contribution in [-0.2, 0) is 11.2 Å². The first kappa shape index (κ1) is 17.7. The summed E-state index contributed by atoms with van der Waals surface area (Å²) in [7, 11) is 1.77. The van der Waals surface area contributed by atoms with Crippen LogP contribution < -0.4 is 10.6 Å². The topological polar surface area (TPSA) is 48.9 Å². The summed E-state index contributed by atoms with van der Waals surface area (Å²) in [4.78, 5) is 6.60. The number of hydrogen-bond acceptors (Lipinski definition) is 3. The molecule has 6 heteroatoms. The van der Waals surface area contributed by atoms with Crippen LogP contribution in [0.15, 0.2) is 29.3 Å².